The first-order valence-corrected chi connectivity index (χ1v) is 5.57. The summed E-state index contributed by atoms with van der Waals surface area (Å²) >= 11 is 0. The molecule has 2 heterocycles. The molecule has 0 aliphatic carbocycles. The number of hydrogen-bond acceptors (Lipinski definition) is 4. The van der Waals surface area contributed by atoms with Crippen molar-refractivity contribution in [3.63, 3.8) is 0 Å². The molecule has 0 bridgehead atoms. The molecule has 2 amide bonds. The van der Waals surface area contributed by atoms with E-state index in [1.54, 1.807) is 9.80 Å². The van der Waals surface area contributed by atoms with E-state index in [0.717, 1.165) is 12.1 Å². The van der Waals surface area contributed by atoms with Gasteiger partial charge in [-0.1, -0.05) is 0 Å². The van der Waals surface area contributed by atoms with Crippen molar-refractivity contribution in [1.29, 1.82) is 0 Å². The number of aromatic nitrogens is 1. The van der Waals surface area contributed by atoms with E-state index in [4.69, 9.17) is 4.42 Å². The zero-order valence-corrected chi connectivity index (χ0v) is 9.76. The Bertz CT molecular complexity index is 408. The smallest absolute Gasteiger partial charge is 0.230 e. The molecule has 0 spiro atoms. The summed E-state index contributed by atoms with van der Waals surface area (Å²) in [6, 6.07) is 0. The van der Waals surface area contributed by atoms with Gasteiger partial charge in [-0.3, -0.25) is 9.59 Å². The first-order valence-electron chi connectivity index (χ1n) is 5.57. The predicted octanol–water partition coefficient (Wildman–Crippen LogP) is -0.174. The Morgan fingerprint density at radius 2 is 2.18 bits per heavy atom. The van der Waals surface area contributed by atoms with Gasteiger partial charge in [0, 0.05) is 26.2 Å². The van der Waals surface area contributed by atoms with Crippen LogP contribution in [0.3, 0.4) is 0 Å². The van der Waals surface area contributed by atoms with Crippen molar-refractivity contribution in [2.24, 2.45) is 0 Å². The Labute approximate surface area is 99.2 Å². The number of rotatable bonds is 3. The van der Waals surface area contributed by atoms with E-state index in [0.29, 0.717) is 31.9 Å². The van der Waals surface area contributed by atoms with E-state index in [1.807, 2.05) is 6.92 Å². The van der Waals surface area contributed by atoms with E-state index in [-0.39, 0.29) is 12.3 Å². The highest BCUT2D eigenvalue weighted by Crippen LogP contribution is 2.09. The maximum atomic E-state index is 11.9. The molecule has 6 nitrogen and oxygen atoms in total. The lowest BCUT2D eigenvalue weighted by Crippen LogP contribution is -2.48. The molecule has 1 saturated heterocycles. The third-order valence-corrected chi connectivity index (χ3v) is 2.97. The average Bonchev–Trinajstić information content (AvgIpc) is 2.75. The fourth-order valence-electron chi connectivity index (χ4n) is 1.82. The van der Waals surface area contributed by atoms with Gasteiger partial charge in [0.05, 0.1) is 12.1 Å². The van der Waals surface area contributed by atoms with Crippen molar-refractivity contribution < 1.29 is 14.0 Å². The lowest BCUT2D eigenvalue weighted by Gasteiger charge is -2.32. The zero-order chi connectivity index (χ0) is 12.3. The minimum Gasteiger partial charge on any atom is -0.448 e. The average molecular weight is 237 g/mol. The number of carbonyl (C=O) groups is 2. The molecule has 0 unspecified atom stereocenters. The van der Waals surface area contributed by atoms with Gasteiger partial charge in [0.1, 0.15) is 5.76 Å². The van der Waals surface area contributed by atoms with Crippen LogP contribution in [0.15, 0.2) is 10.8 Å². The number of oxazole rings is 1. The van der Waals surface area contributed by atoms with Gasteiger partial charge in [-0.15, -0.1) is 0 Å². The first-order chi connectivity index (χ1) is 8.20. The van der Waals surface area contributed by atoms with Crippen LogP contribution in [0, 0.1) is 6.92 Å². The highest BCUT2D eigenvalue weighted by molar-refractivity contribution is 5.78. The van der Waals surface area contributed by atoms with Gasteiger partial charge in [0.25, 0.3) is 0 Å². The monoisotopic (exact) mass is 237 g/mol. The minimum atomic E-state index is 0.0235. The molecular weight excluding hydrogens is 222 g/mol. The summed E-state index contributed by atoms with van der Waals surface area (Å²) < 4.78 is 5.14. The van der Waals surface area contributed by atoms with E-state index in [2.05, 4.69) is 4.98 Å². The topological polar surface area (TPSA) is 66.7 Å². The van der Waals surface area contributed by atoms with Crippen LogP contribution >= 0.6 is 0 Å². The number of amides is 2. The van der Waals surface area contributed by atoms with Crippen LogP contribution in [0.5, 0.6) is 0 Å². The molecule has 1 fully saturated rings. The van der Waals surface area contributed by atoms with E-state index in [1.165, 1.54) is 6.39 Å². The largest absolute Gasteiger partial charge is 0.448 e. The third-order valence-electron chi connectivity index (χ3n) is 2.97. The second-order valence-corrected chi connectivity index (χ2v) is 4.06. The molecule has 2 rings (SSSR count). The molecule has 0 atom stereocenters. The summed E-state index contributed by atoms with van der Waals surface area (Å²) in [7, 11) is 0. The van der Waals surface area contributed by atoms with Gasteiger partial charge in [-0.05, 0) is 6.92 Å². The molecular formula is C11H15N3O3. The fraction of sp³-hybridized carbons (Fsp3) is 0.545. The summed E-state index contributed by atoms with van der Waals surface area (Å²) in [5.41, 5.74) is 0.755. The van der Waals surface area contributed by atoms with Crippen LogP contribution in [0.25, 0.3) is 0 Å². The normalized spacial score (nSPS) is 16.1. The quantitative estimate of drug-likeness (QED) is 0.684. The number of carbonyl (C=O) groups excluding carboxylic acids is 2. The zero-order valence-electron chi connectivity index (χ0n) is 9.76. The summed E-state index contributed by atoms with van der Waals surface area (Å²) in [5, 5.41) is 0. The van der Waals surface area contributed by atoms with Gasteiger partial charge in [-0.2, -0.15) is 0 Å². The highest BCUT2D eigenvalue weighted by Gasteiger charge is 2.21. The van der Waals surface area contributed by atoms with Gasteiger partial charge < -0.3 is 14.2 Å². The van der Waals surface area contributed by atoms with Crippen LogP contribution in [0.4, 0.5) is 0 Å². The fourth-order valence-corrected chi connectivity index (χ4v) is 1.82. The van der Waals surface area contributed by atoms with Crippen molar-refractivity contribution in [2.45, 2.75) is 13.3 Å². The molecule has 0 saturated carbocycles. The molecule has 0 aromatic carbocycles. The van der Waals surface area contributed by atoms with Crippen LogP contribution in [0.2, 0.25) is 0 Å². The molecule has 0 N–H and O–H groups in total. The van der Waals surface area contributed by atoms with Gasteiger partial charge >= 0.3 is 0 Å². The van der Waals surface area contributed by atoms with Crippen molar-refractivity contribution in [2.75, 3.05) is 26.2 Å². The van der Waals surface area contributed by atoms with Crippen molar-refractivity contribution in [1.82, 2.24) is 14.8 Å². The summed E-state index contributed by atoms with van der Waals surface area (Å²) in [6.45, 7) is 4.20. The van der Waals surface area contributed by atoms with Crippen LogP contribution in [-0.4, -0.2) is 53.3 Å². The highest BCUT2D eigenvalue weighted by atomic mass is 16.3. The summed E-state index contributed by atoms with van der Waals surface area (Å²) in [6.07, 6.45) is 2.41. The minimum absolute atomic E-state index is 0.0235. The number of aryl methyl sites for hydroxylation is 1. The predicted molar refractivity (Wildman–Crippen MR) is 59.2 cm³/mol. The molecule has 1 aromatic heterocycles. The maximum Gasteiger partial charge on any atom is 0.230 e. The molecule has 1 aromatic rings. The third kappa shape index (κ3) is 2.64. The number of nitrogens with zero attached hydrogens (tertiary/aromatic N) is 3. The molecule has 0 radical (unpaired) electrons. The lowest BCUT2D eigenvalue weighted by atomic mass is 10.2. The maximum absolute atomic E-state index is 11.9. The van der Waals surface area contributed by atoms with Crippen molar-refractivity contribution in [3.05, 3.63) is 17.8 Å². The van der Waals surface area contributed by atoms with E-state index >= 15 is 0 Å². The van der Waals surface area contributed by atoms with Crippen LogP contribution in [0.1, 0.15) is 11.5 Å². The Morgan fingerprint density at radius 1 is 1.47 bits per heavy atom. The molecule has 6 heteroatoms. The summed E-state index contributed by atoms with van der Waals surface area (Å²) in [5.74, 6) is 0.642. The van der Waals surface area contributed by atoms with Gasteiger partial charge in [-0.25, -0.2) is 4.98 Å². The van der Waals surface area contributed by atoms with Crippen molar-refractivity contribution in [3.8, 4) is 0 Å². The summed E-state index contributed by atoms with van der Waals surface area (Å²) in [4.78, 5) is 29.9. The van der Waals surface area contributed by atoms with Crippen LogP contribution in [-0.2, 0) is 16.0 Å². The van der Waals surface area contributed by atoms with Crippen LogP contribution < -0.4 is 0 Å². The van der Waals surface area contributed by atoms with Crippen molar-refractivity contribution >= 4 is 12.3 Å². The van der Waals surface area contributed by atoms with E-state index < -0.39 is 0 Å². The van der Waals surface area contributed by atoms with Gasteiger partial charge in [0.15, 0.2) is 6.39 Å². The first kappa shape index (κ1) is 11.6. The Morgan fingerprint density at radius 3 is 2.71 bits per heavy atom. The molecule has 17 heavy (non-hydrogen) atoms. The second-order valence-electron chi connectivity index (χ2n) is 4.06. The molecule has 1 aliphatic heterocycles. The van der Waals surface area contributed by atoms with Gasteiger partial charge in [0.2, 0.25) is 12.3 Å². The SMILES string of the molecule is Cc1ncoc1CC(=O)N1CCN(C=O)CC1. The number of piperazine rings is 1. The standard InChI is InChI=1S/C11H15N3O3/c1-9-10(17-7-12-9)6-11(16)14-4-2-13(8-15)3-5-14/h7-8H,2-6H2,1H3. The second kappa shape index (κ2) is 4.99. The lowest BCUT2D eigenvalue weighted by molar-refractivity contribution is -0.134. The Kier molecular flexibility index (Phi) is 3.41. The Balaban J connectivity index is 1.89. The van der Waals surface area contributed by atoms with E-state index in [9.17, 15) is 9.59 Å². The molecule has 92 valence electrons. The molecule has 1 aliphatic rings. The number of hydrogen-bond donors (Lipinski definition) is 0. The Hall–Kier alpha value is -1.85.